The number of ether oxygens (including phenoxy) is 2. The third kappa shape index (κ3) is 3.71. The maximum Gasteiger partial charge on any atom is 0.341 e. The van der Waals surface area contributed by atoms with Crippen molar-refractivity contribution in [3.05, 3.63) is 54.0 Å². The lowest BCUT2D eigenvalue weighted by molar-refractivity contribution is -0.148. The number of methoxy groups -OCH3 is 1. The third-order valence-electron chi connectivity index (χ3n) is 3.98. The molecule has 1 aliphatic rings. The van der Waals surface area contributed by atoms with Crippen LogP contribution in [0.4, 0.5) is 4.79 Å². The molecule has 3 rings (SSSR count). The van der Waals surface area contributed by atoms with E-state index in [1.807, 2.05) is 12.1 Å². The Morgan fingerprint density at radius 1 is 1.28 bits per heavy atom. The highest BCUT2D eigenvalue weighted by Gasteiger charge is 2.39. The second-order valence-corrected chi connectivity index (χ2v) is 5.63. The fraction of sp³-hybridized carbons (Fsp3) is 0.278. The molecule has 1 N–H and O–H groups in total. The van der Waals surface area contributed by atoms with Gasteiger partial charge in [-0.05, 0) is 36.8 Å². The van der Waals surface area contributed by atoms with Crippen LogP contribution >= 0.6 is 0 Å². The number of carbonyl (C=O) groups is 2. The molecule has 0 fully saturated rings. The minimum absolute atomic E-state index is 0.116. The van der Waals surface area contributed by atoms with Gasteiger partial charge in [-0.1, -0.05) is 12.1 Å². The van der Waals surface area contributed by atoms with Crippen LogP contribution in [0.15, 0.2) is 52.1 Å². The summed E-state index contributed by atoms with van der Waals surface area (Å²) >= 11 is 0. The van der Waals surface area contributed by atoms with E-state index >= 15 is 0 Å². The van der Waals surface area contributed by atoms with E-state index in [-0.39, 0.29) is 6.61 Å². The summed E-state index contributed by atoms with van der Waals surface area (Å²) in [4.78, 5) is 28.1. The van der Waals surface area contributed by atoms with Crippen LogP contribution in [-0.4, -0.2) is 24.8 Å². The number of rotatable bonds is 5. The Hall–Kier alpha value is -3.09. The SMILES string of the molecule is COc1ccc(COC(=O)C2C(C)=NC(=O)NC2c2ccco2)cc1. The zero-order valence-electron chi connectivity index (χ0n) is 13.9. The van der Waals surface area contributed by atoms with Crippen LogP contribution in [0.25, 0.3) is 0 Å². The first-order valence-corrected chi connectivity index (χ1v) is 7.77. The highest BCUT2D eigenvalue weighted by Crippen LogP contribution is 2.28. The van der Waals surface area contributed by atoms with Crippen LogP contribution in [0.3, 0.4) is 0 Å². The third-order valence-corrected chi connectivity index (χ3v) is 3.98. The molecular formula is C18H18N2O5. The number of aliphatic imine (C=N–C) groups is 1. The van der Waals surface area contributed by atoms with E-state index in [9.17, 15) is 9.59 Å². The molecule has 2 unspecified atom stereocenters. The van der Waals surface area contributed by atoms with Gasteiger partial charge in [-0.2, -0.15) is 0 Å². The number of amides is 2. The highest BCUT2D eigenvalue weighted by atomic mass is 16.5. The van der Waals surface area contributed by atoms with E-state index in [0.29, 0.717) is 11.5 Å². The van der Waals surface area contributed by atoms with Crippen LogP contribution < -0.4 is 10.1 Å². The van der Waals surface area contributed by atoms with Crippen molar-refractivity contribution in [1.82, 2.24) is 5.32 Å². The van der Waals surface area contributed by atoms with Gasteiger partial charge in [0.15, 0.2) is 0 Å². The van der Waals surface area contributed by atoms with Gasteiger partial charge < -0.3 is 19.2 Å². The largest absolute Gasteiger partial charge is 0.497 e. The monoisotopic (exact) mass is 342 g/mol. The van der Waals surface area contributed by atoms with Gasteiger partial charge in [0.25, 0.3) is 0 Å². The molecule has 1 aromatic heterocycles. The van der Waals surface area contributed by atoms with E-state index in [4.69, 9.17) is 13.9 Å². The van der Waals surface area contributed by atoms with Crippen LogP contribution in [0.5, 0.6) is 5.75 Å². The molecule has 1 aliphatic heterocycles. The standard InChI is InChI=1S/C18H18N2O5/c1-11-15(16(20-18(22)19-11)14-4-3-9-24-14)17(21)25-10-12-5-7-13(23-2)8-6-12/h3-9,15-16H,10H2,1-2H3,(H,20,22). The fourth-order valence-electron chi connectivity index (χ4n) is 2.70. The Morgan fingerprint density at radius 3 is 2.68 bits per heavy atom. The average Bonchev–Trinajstić information content (AvgIpc) is 3.14. The van der Waals surface area contributed by atoms with Crippen molar-refractivity contribution >= 4 is 17.7 Å². The summed E-state index contributed by atoms with van der Waals surface area (Å²) < 4.78 is 15.9. The molecule has 2 heterocycles. The maximum atomic E-state index is 12.6. The number of urea groups is 1. The summed E-state index contributed by atoms with van der Waals surface area (Å²) in [5.41, 5.74) is 1.23. The number of nitrogens with one attached hydrogen (secondary N) is 1. The predicted octanol–water partition coefficient (Wildman–Crippen LogP) is 2.87. The Kier molecular flexibility index (Phi) is 4.83. The Morgan fingerprint density at radius 2 is 2.04 bits per heavy atom. The Labute approximate surface area is 144 Å². The highest BCUT2D eigenvalue weighted by molar-refractivity contribution is 6.08. The number of carbonyl (C=O) groups excluding carboxylic acids is 2. The topological polar surface area (TPSA) is 90.1 Å². The predicted molar refractivity (Wildman–Crippen MR) is 89.4 cm³/mol. The number of benzene rings is 1. The second-order valence-electron chi connectivity index (χ2n) is 5.63. The minimum Gasteiger partial charge on any atom is -0.497 e. The van der Waals surface area contributed by atoms with E-state index in [1.54, 1.807) is 38.3 Å². The summed E-state index contributed by atoms with van der Waals surface area (Å²) in [6.07, 6.45) is 1.49. The molecule has 1 aromatic carbocycles. The van der Waals surface area contributed by atoms with Crippen LogP contribution in [0, 0.1) is 5.92 Å². The number of nitrogens with zero attached hydrogens (tertiary/aromatic N) is 1. The number of hydrogen-bond acceptors (Lipinski definition) is 5. The summed E-state index contributed by atoms with van der Waals surface area (Å²) in [6, 6.07) is 9.49. The van der Waals surface area contributed by atoms with Gasteiger partial charge in [0, 0.05) is 5.71 Å². The molecule has 130 valence electrons. The van der Waals surface area contributed by atoms with Gasteiger partial charge in [-0.15, -0.1) is 0 Å². The zero-order valence-corrected chi connectivity index (χ0v) is 13.9. The van der Waals surface area contributed by atoms with Crippen molar-refractivity contribution in [2.24, 2.45) is 10.9 Å². The molecule has 2 amide bonds. The lowest BCUT2D eigenvalue weighted by Gasteiger charge is -2.27. The van der Waals surface area contributed by atoms with E-state index in [2.05, 4.69) is 10.3 Å². The van der Waals surface area contributed by atoms with Crippen molar-refractivity contribution in [2.45, 2.75) is 19.6 Å². The lowest BCUT2D eigenvalue weighted by Crippen LogP contribution is -2.44. The average molecular weight is 342 g/mol. The first-order valence-electron chi connectivity index (χ1n) is 7.77. The molecule has 0 radical (unpaired) electrons. The first kappa shape index (κ1) is 16.8. The van der Waals surface area contributed by atoms with Gasteiger partial charge >= 0.3 is 12.0 Å². The molecular weight excluding hydrogens is 324 g/mol. The molecule has 0 aliphatic carbocycles. The lowest BCUT2D eigenvalue weighted by atomic mass is 9.92. The first-order chi connectivity index (χ1) is 12.1. The summed E-state index contributed by atoms with van der Waals surface area (Å²) in [7, 11) is 1.59. The van der Waals surface area contributed by atoms with Crippen molar-refractivity contribution in [3.8, 4) is 5.75 Å². The molecule has 25 heavy (non-hydrogen) atoms. The molecule has 2 aromatic rings. The van der Waals surface area contributed by atoms with Crippen molar-refractivity contribution in [3.63, 3.8) is 0 Å². The smallest absolute Gasteiger partial charge is 0.341 e. The van der Waals surface area contributed by atoms with Crippen LogP contribution in [-0.2, 0) is 16.1 Å². The van der Waals surface area contributed by atoms with Crippen molar-refractivity contribution in [2.75, 3.05) is 7.11 Å². The molecule has 7 heteroatoms. The van der Waals surface area contributed by atoms with Crippen molar-refractivity contribution in [1.29, 1.82) is 0 Å². The van der Waals surface area contributed by atoms with E-state index < -0.39 is 24.0 Å². The van der Waals surface area contributed by atoms with E-state index in [0.717, 1.165) is 11.3 Å². The van der Waals surface area contributed by atoms with Gasteiger partial charge in [-0.3, -0.25) is 4.79 Å². The summed E-state index contributed by atoms with van der Waals surface area (Å²) in [5, 5.41) is 2.66. The maximum absolute atomic E-state index is 12.6. The normalized spacial score (nSPS) is 19.8. The number of hydrogen-bond donors (Lipinski definition) is 1. The molecule has 0 spiro atoms. The Balaban J connectivity index is 1.73. The molecule has 2 atom stereocenters. The second kappa shape index (κ2) is 7.21. The summed E-state index contributed by atoms with van der Waals surface area (Å²) in [6.45, 7) is 1.75. The quantitative estimate of drug-likeness (QED) is 0.844. The van der Waals surface area contributed by atoms with Crippen LogP contribution in [0.2, 0.25) is 0 Å². The van der Waals surface area contributed by atoms with E-state index in [1.165, 1.54) is 6.26 Å². The number of esters is 1. The van der Waals surface area contributed by atoms with Gasteiger partial charge in [0.05, 0.1) is 13.4 Å². The minimum atomic E-state index is -0.734. The van der Waals surface area contributed by atoms with Gasteiger partial charge in [0.1, 0.15) is 30.1 Å². The van der Waals surface area contributed by atoms with Gasteiger partial charge in [-0.25, -0.2) is 9.79 Å². The molecule has 7 nitrogen and oxygen atoms in total. The fourth-order valence-corrected chi connectivity index (χ4v) is 2.70. The molecule has 0 bridgehead atoms. The molecule has 0 saturated carbocycles. The number of furan rings is 1. The van der Waals surface area contributed by atoms with Gasteiger partial charge in [0.2, 0.25) is 0 Å². The summed E-state index contributed by atoms with van der Waals surface area (Å²) in [5.74, 6) is 0.000458. The zero-order chi connectivity index (χ0) is 17.8. The van der Waals surface area contributed by atoms with Crippen LogP contribution in [0.1, 0.15) is 24.3 Å². The van der Waals surface area contributed by atoms with Crippen molar-refractivity contribution < 1.29 is 23.5 Å². The Bertz CT molecular complexity index is 780. The molecule has 0 saturated heterocycles.